The molecule has 15 heavy (non-hydrogen) atoms. The van der Waals surface area contributed by atoms with Crippen molar-refractivity contribution in [2.75, 3.05) is 21.3 Å². The van der Waals surface area contributed by atoms with E-state index in [4.69, 9.17) is 9.47 Å². The molecular formula is C11H23NO3. The molecule has 0 aromatic rings. The third kappa shape index (κ3) is 4.20. The first-order chi connectivity index (χ1) is 7.12. The molecule has 0 aliphatic carbocycles. The number of likely N-dealkylation sites (N-methyl/N-ethyl adjacent to an activating group) is 1. The summed E-state index contributed by atoms with van der Waals surface area (Å²) in [6.07, 6.45) is 1.12. The highest BCUT2D eigenvalue weighted by Crippen LogP contribution is 2.17. The van der Waals surface area contributed by atoms with Crippen molar-refractivity contribution < 1.29 is 14.6 Å². The van der Waals surface area contributed by atoms with E-state index in [1.54, 1.807) is 7.11 Å². The largest absolute Gasteiger partial charge is 0.499 e. The van der Waals surface area contributed by atoms with Crippen LogP contribution in [0.25, 0.3) is 0 Å². The van der Waals surface area contributed by atoms with Gasteiger partial charge in [-0.1, -0.05) is 13.3 Å². The second-order valence-electron chi connectivity index (χ2n) is 3.47. The van der Waals surface area contributed by atoms with Gasteiger partial charge >= 0.3 is 0 Å². The van der Waals surface area contributed by atoms with Gasteiger partial charge in [0.2, 0.25) is 0 Å². The molecule has 0 bridgehead atoms. The number of ether oxygens (including phenoxy) is 2. The molecule has 0 aliphatic rings. The average Bonchev–Trinajstić information content (AvgIpc) is 2.27. The number of hydrogen-bond donors (Lipinski definition) is 2. The smallest absolute Gasteiger partial charge is 0.180 e. The van der Waals surface area contributed by atoms with Crippen molar-refractivity contribution in [1.82, 2.24) is 5.32 Å². The van der Waals surface area contributed by atoms with Crippen LogP contribution >= 0.6 is 0 Å². The summed E-state index contributed by atoms with van der Waals surface area (Å²) >= 11 is 0. The van der Waals surface area contributed by atoms with Crippen molar-refractivity contribution in [3.63, 3.8) is 0 Å². The normalized spacial score (nSPS) is 16.9. The molecule has 2 N–H and O–H groups in total. The molecule has 2 atom stereocenters. The highest BCUT2D eigenvalue weighted by molar-refractivity contribution is 5.14. The van der Waals surface area contributed by atoms with Crippen molar-refractivity contribution in [2.24, 2.45) is 0 Å². The van der Waals surface area contributed by atoms with Gasteiger partial charge in [0, 0.05) is 12.7 Å². The van der Waals surface area contributed by atoms with Crippen molar-refractivity contribution >= 4 is 0 Å². The fraction of sp³-hybridized carbons (Fsp3) is 0.818. The summed E-state index contributed by atoms with van der Waals surface area (Å²) in [4.78, 5) is 0. The first-order valence-corrected chi connectivity index (χ1v) is 5.25. The minimum absolute atomic E-state index is 0.129. The van der Waals surface area contributed by atoms with E-state index < -0.39 is 6.29 Å². The highest BCUT2D eigenvalue weighted by Gasteiger charge is 2.18. The Bertz CT molecular complexity index is 204. The lowest BCUT2D eigenvalue weighted by Crippen LogP contribution is -2.30. The minimum Gasteiger partial charge on any atom is -0.499 e. The van der Waals surface area contributed by atoms with Crippen molar-refractivity contribution in [1.29, 1.82) is 0 Å². The maximum absolute atomic E-state index is 9.55. The molecule has 4 heteroatoms. The van der Waals surface area contributed by atoms with E-state index in [1.165, 1.54) is 7.11 Å². The first-order valence-electron chi connectivity index (χ1n) is 5.25. The summed E-state index contributed by atoms with van der Waals surface area (Å²) in [5.74, 6) is 0.758. The predicted octanol–water partition coefficient (Wildman–Crippen LogP) is 1.26. The molecule has 0 radical (unpaired) electrons. The lowest BCUT2D eigenvalue weighted by Gasteiger charge is -2.22. The third-order valence-electron chi connectivity index (χ3n) is 2.44. The molecule has 1 unspecified atom stereocenters. The third-order valence-corrected chi connectivity index (χ3v) is 2.44. The minimum atomic E-state index is -0.896. The van der Waals surface area contributed by atoms with E-state index in [1.807, 2.05) is 14.0 Å². The quantitative estimate of drug-likeness (QED) is 0.498. The molecule has 0 rings (SSSR count). The summed E-state index contributed by atoms with van der Waals surface area (Å²) < 4.78 is 10.2. The summed E-state index contributed by atoms with van der Waals surface area (Å²) in [6.45, 7) is 3.92. The topological polar surface area (TPSA) is 50.7 Å². The van der Waals surface area contributed by atoms with E-state index in [0.717, 1.165) is 18.6 Å². The highest BCUT2D eigenvalue weighted by atomic mass is 16.6. The van der Waals surface area contributed by atoms with Gasteiger partial charge in [0.25, 0.3) is 0 Å². The molecule has 0 aromatic heterocycles. The van der Waals surface area contributed by atoms with Crippen LogP contribution in [-0.2, 0) is 9.47 Å². The van der Waals surface area contributed by atoms with E-state index in [9.17, 15) is 5.11 Å². The van der Waals surface area contributed by atoms with Crippen LogP contribution in [0.4, 0.5) is 0 Å². The summed E-state index contributed by atoms with van der Waals surface area (Å²) in [6, 6.07) is 0.129. The summed E-state index contributed by atoms with van der Waals surface area (Å²) in [5, 5.41) is 12.7. The van der Waals surface area contributed by atoms with E-state index >= 15 is 0 Å². The van der Waals surface area contributed by atoms with Gasteiger partial charge in [-0.2, -0.15) is 0 Å². The number of rotatable bonds is 7. The van der Waals surface area contributed by atoms with Gasteiger partial charge in [0.05, 0.1) is 13.2 Å². The molecule has 0 aliphatic heterocycles. The van der Waals surface area contributed by atoms with Gasteiger partial charge in [-0.05, 0) is 20.4 Å². The fourth-order valence-corrected chi connectivity index (χ4v) is 1.57. The Labute approximate surface area is 92.3 Å². The Morgan fingerprint density at radius 1 is 1.40 bits per heavy atom. The van der Waals surface area contributed by atoms with E-state index in [2.05, 4.69) is 12.2 Å². The van der Waals surface area contributed by atoms with Crippen LogP contribution in [0, 0.1) is 0 Å². The molecule has 90 valence electrons. The molecular weight excluding hydrogens is 194 g/mol. The van der Waals surface area contributed by atoms with Gasteiger partial charge in [-0.15, -0.1) is 0 Å². The zero-order valence-corrected chi connectivity index (χ0v) is 10.3. The molecule has 0 saturated carbocycles. The second kappa shape index (κ2) is 7.68. The fourth-order valence-electron chi connectivity index (χ4n) is 1.57. The summed E-state index contributed by atoms with van der Waals surface area (Å²) in [5.41, 5.74) is 0.716. The van der Waals surface area contributed by atoms with Crippen molar-refractivity contribution in [2.45, 2.75) is 39.0 Å². The number of hydrogen-bond acceptors (Lipinski definition) is 4. The standard InChI is InChI=1S/C11H23NO3/c1-6-7-9(12-3)10(14-4)8(2)11(13)15-5/h9,11-13H,6-7H2,1-5H3/b10-8-/t9-,11?/m1/s1. The lowest BCUT2D eigenvalue weighted by molar-refractivity contribution is -0.0481. The van der Waals surface area contributed by atoms with Crippen LogP contribution in [-0.4, -0.2) is 38.7 Å². The zero-order chi connectivity index (χ0) is 11.8. The Morgan fingerprint density at radius 2 is 2.00 bits per heavy atom. The Hall–Kier alpha value is -0.580. The SMILES string of the molecule is CCC[C@@H](NC)/C(OC)=C(\C)C(O)OC. The average molecular weight is 217 g/mol. The van der Waals surface area contributed by atoms with E-state index in [-0.39, 0.29) is 6.04 Å². The first kappa shape index (κ1) is 14.4. The van der Waals surface area contributed by atoms with Gasteiger partial charge in [-0.25, -0.2) is 0 Å². The van der Waals surface area contributed by atoms with Crippen LogP contribution in [0.15, 0.2) is 11.3 Å². The van der Waals surface area contributed by atoms with Crippen molar-refractivity contribution in [3.8, 4) is 0 Å². The Kier molecular flexibility index (Phi) is 7.38. The number of aliphatic hydroxyl groups excluding tert-OH is 1. The monoisotopic (exact) mass is 217 g/mol. The number of methoxy groups -OCH3 is 2. The van der Waals surface area contributed by atoms with Crippen LogP contribution in [0.2, 0.25) is 0 Å². The van der Waals surface area contributed by atoms with Gasteiger partial charge < -0.3 is 19.9 Å². The number of nitrogens with one attached hydrogen (secondary N) is 1. The predicted molar refractivity (Wildman–Crippen MR) is 60.5 cm³/mol. The van der Waals surface area contributed by atoms with Crippen LogP contribution < -0.4 is 5.32 Å². The zero-order valence-electron chi connectivity index (χ0n) is 10.3. The molecule has 0 amide bonds. The van der Waals surface area contributed by atoms with Gasteiger partial charge in [-0.3, -0.25) is 0 Å². The lowest BCUT2D eigenvalue weighted by atomic mass is 10.1. The Morgan fingerprint density at radius 3 is 2.33 bits per heavy atom. The van der Waals surface area contributed by atoms with Gasteiger partial charge in [0.15, 0.2) is 6.29 Å². The maximum Gasteiger partial charge on any atom is 0.180 e. The summed E-state index contributed by atoms with van der Waals surface area (Å²) in [7, 11) is 4.96. The molecule has 0 aromatic carbocycles. The van der Waals surface area contributed by atoms with E-state index in [0.29, 0.717) is 5.57 Å². The van der Waals surface area contributed by atoms with Crippen LogP contribution in [0.3, 0.4) is 0 Å². The number of aliphatic hydroxyl groups is 1. The second-order valence-corrected chi connectivity index (χ2v) is 3.47. The Balaban J connectivity index is 4.82. The molecule has 0 spiro atoms. The molecule has 4 nitrogen and oxygen atoms in total. The van der Waals surface area contributed by atoms with Gasteiger partial charge in [0.1, 0.15) is 5.76 Å². The van der Waals surface area contributed by atoms with Crippen LogP contribution in [0.1, 0.15) is 26.7 Å². The molecule has 0 heterocycles. The molecule has 0 fully saturated rings. The maximum atomic E-state index is 9.55. The van der Waals surface area contributed by atoms with Crippen molar-refractivity contribution in [3.05, 3.63) is 11.3 Å². The molecule has 0 saturated heterocycles. The van der Waals surface area contributed by atoms with Crippen LogP contribution in [0.5, 0.6) is 0 Å².